The third kappa shape index (κ3) is 3.84. The number of rotatable bonds is 5. The Bertz CT molecular complexity index is 1100. The molecule has 0 aliphatic heterocycles. The van der Waals surface area contributed by atoms with Crippen LogP contribution in [0.2, 0.25) is 0 Å². The Morgan fingerprint density at radius 1 is 1.07 bits per heavy atom. The maximum absolute atomic E-state index is 13.2. The number of thiophene rings is 1. The van der Waals surface area contributed by atoms with E-state index in [0.717, 1.165) is 27.3 Å². The van der Waals surface area contributed by atoms with E-state index in [4.69, 9.17) is 0 Å². The van der Waals surface area contributed by atoms with Crippen molar-refractivity contribution in [3.05, 3.63) is 88.6 Å². The van der Waals surface area contributed by atoms with Crippen LogP contribution in [0, 0.1) is 6.92 Å². The van der Waals surface area contributed by atoms with E-state index in [1.54, 1.807) is 15.9 Å². The monoisotopic (exact) mass is 402 g/mol. The number of hydrogen-bond donors (Lipinski definition) is 0. The van der Waals surface area contributed by atoms with Gasteiger partial charge in [-0.3, -0.25) is 4.79 Å². The van der Waals surface area contributed by atoms with Gasteiger partial charge in [-0.15, -0.1) is 11.3 Å². The molecule has 0 fully saturated rings. The van der Waals surface area contributed by atoms with Crippen LogP contribution in [0.1, 0.15) is 33.8 Å². The molecule has 146 valence electrons. The van der Waals surface area contributed by atoms with Crippen molar-refractivity contribution in [2.24, 2.45) is 0 Å². The molecule has 1 atom stereocenters. The van der Waals surface area contributed by atoms with Gasteiger partial charge >= 0.3 is 0 Å². The second-order valence-corrected chi connectivity index (χ2v) is 7.97. The number of aromatic nitrogens is 3. The molecule has 0 N–H and O–H groups in total. The highest BCUT2D eigenvalue weighted by Crippen LogP contribution is 2.31. The molecule has 4 rings (SSSR count). The van der Waals surface area contributed by atoms with Crippen molar-refractivity contribution in [1.82, 2.24) is 19.7 Å². The molecule has 0 spiro atoms. The van der Waals surface area contributed by atoms with E-state index < -0.39 is 0 Å². The largest absolute Gasteiger partial charge is 0.334 e. The number of carbonyl (C=O) groups is 1. The Balaban J connectivity index is 1.55. The zero-order valence-electron chi connectivity index (χ0n) is 16.6. The molecule has 5 nitrogen and oxygen atoms in total. The van der Waals surface area contributed by atoms with Crippen LogP contribution in [0.4, 0.5) is 0 Å². The van der Waals surface area contributed by atoms with E-state index in [2.05, 4.69) is 41.3 Å². The van der Waals surface area contributed by atoms with Crippen molar-refractivity contribution in [2.45, 2.75) is 19.9 Å². The fourth-order valence-corrected chi connectivity index (χ4v) is 4.14. The lowest BCUT2D eigenvalue weighted by molar-refractivity contribution is 0.0748. The normalized spacial score (nSPS) is 12.0. The van der Waals surface area contributed by atoms with Gasteiger partial charge in [0.15, 0.2) is 0 Å². The molecule has 0 aliphatic rings. The van der Waals surface area contributed by atoms with Crippen molar-refractivity contribution >= 4 is 17.2 Å². The van der Waals surface area contributed by atoms with Gasteiger partial charge in [0.1, 0.15) is 12.7 Å². The molecule has 1 unspecified atom stereocenters. The Morgan fingerprint density at radius 3 is 2.45 bits per heavy atom. The lowest BCUT2D eigenvalue weighted by atomic mass is 10.0. The van der Waals surface area contributed by atoms with Crippen LogP contribution in [0.3, 0.4) is 0 Å². The van der Waals surface area contributed by atoms with Crippen LogP contribution in [-0.4, -0.2) is 32.6 Å². The Hall–Kier alpha value is -3.25. The summed E-state index contributed by atoms with van der Waals surface area (Å²) in [6.07, 6.45) is 3.17. The van der Waals surface area contributed by atoms with Crippen LogP contribution in [0.15, 0.2) is 72.6 Å². The quantitative estimate of drug-likeness (QED) is 0.465. The summed E-state index contributed by atoms with van der Waals surface area (Å²) in [5.74, 6) is 0.0310. The van der Waals surface area contributed by atoms with E-state index in [9.17, 15) is 4.79 Å². The van der Waals surface area contributed by atoms with Gasteiger partial charge in [-0.2, -0.15) is 5.10 Å². The smallest absolute Gasteiger partial charge is 0.264 e. The average Bonchev–Trinajstić information content (AvgIpc) is 3.45. The summed E-state index contributed by atoms with van der Waals surface area (Å²) in [6, 6.07) is 18.3. The molecule has 0 radical (unpaired) electrons. The Morgan fingerprint density at radius 2 is 1.79 bits per heavy atom. The first-order valence-electron chi connectivity index (χ1n) is 9.41. The third-order valence-corrected chi connectivity index (χ3v) is 6.08. The zero-order chi connectivity index (χ0) is 20.4. The maximum Gasteiger partial charge on any atom is 0.264 e. The number of aryl methyl sites for hydroxylation is 1. The lowest BCUT2D eigenvalue weighted by Crippen LogP contribution is -2.29. The summed E-state index contributed by atoms with van der Waals surface area (Å²) in [5.41, 5.74) is 5.27. The molecule has 0 bridgehead atoms. The van der Waals surface area contributed by atoms with Crippen molar-refractivity contribution < 1.29 is 4.79 Å². The van der Waals surface area contributed by atoms with Gasteiger partial charge in [0, 0.05) is 12.6 Å². The molecule has 2 aromatic carbocycles. The van der Waals surface area contributed by atoms with Gasteiger partial charge in [-0.25, -0.2) is 9.67 Å². The van der Waals surface area contributed by atoms with Crippen LogP contribution < -0.4 is 0 Å². The Kier molecular flexibility index (Phi) is 5.27. The molecule has 0 saturated carbocycles. The summed E-state index contributed by atoms with van der Waals surface area (Å²) in [4.78, 5) is 19.8. The molecule has 1 amide bonds. The Labute approximate surface area is 174 Å². The van der Waals surface area contributed by atoms with Crippen LogP contribution in [-0.2, 0) is 0 Å². The second-order valence-electron chi connectivity index (χ2n) is 7.05. The summed E-state index contributed by atoms with van der Waals surface area (Å²) < 4.78 is 1.71. The number of hydrogen-bond acceptors (Lipinski definition) is 4. The van der Waals surface area contributed by atoms with Crippen LogP contribution >= 0.6 is 11.3 Å². The summed E-state index contributed by atoms with van der Waals surface area (Å²) >= 11 is 1.49. The van der Waals surface area contributed by atoms with Gasteiger partial charge in [-0.05, 0) is 48.6 Å². The fourth-order valence-electron chi connectivity index (χ4n) is 3.24. The first kappa shape index (κ1) is 19.1. The highest BCUT2D eigenvalue weighted by Gasteiger charge is 2.23. The number of nitrogens with zero attached hydrogens (tertiary/aromatic N) is 4. The first-order valence-corrected chi connectivity index (χ1v) is 10.3. The van der Waals surface area contributed by atoms with E-state index in [1.807, 2.05) is 49.7 Å². The molecule has 29 heavy (non-hydrogen) atoms. The number of carbonyl (C=O) groups excluding carboxylic acids is 1. The van der Waals surface area contributed by atoms with Crippen LogP contribution in [0.5, 0.6) is 0 Å². The van der Waals surface area contributed by atoms with Crippen molar-refractivity contribution in [3.8, 4) is 16.8 Å². The van der Waals surface area contributed by atoms with Crippen molar-refractivity contribution in [1.29, 1.82) is 0 Å². The molecular weight excluding hydrogens is 380 g/mol. The van der Waals surface area contributed by atoms with Gasteiger partial charge in [0.25, 0.3) is 5.91 Å². The maximum atomic E-state index is 13.2. The highest BCUT2D eigenvalue weighted by molar-refractivity contribution is 7.12. The van der Waals surface area contributed by atoms with E-state index >= 15 is 0 Å². The molecule has 0 saturated heterocycles. The molecule has 2 heterocycles. The van der Waals surface area contributed by atoms with Gasteiger partial charge in [0.05, 0.1) is 16.6 Å². The minimum atomic E-state index is -0.0553. The predicted molar refractivity (Wildman–Crippen MR) is 116 cm³/mol. The summed E-state index contributed by atoms with van der Waals surface area (Å²) in [7, 11) is 1.86. The first-order chi connectivity index (χ1) is 14.0. The van der Waals surface area contributed by atoms with Crippen molar-refractivity contribution in [2.75, 3.05) is 7.05 Å². The molecule has 6 heteroatoms. The SMILES string of the molecule is Cc1ccc(-c2ccsc2C(=O)N(C)C(C)c2ccc(-n3cncn3)cc2)cc1. The zero-order valence-corrected chi connectivity index (χ0v) is 17.4. The summed E-state index contributed by atoms with van der Waals surface area (Å²) in [6.45, 7) is 4.11. The topological polar surface area (TPSA) is 51.0 Å². The van der Waals surface area contributed by atoms with E-state index in [-0.39, 0.29) is 11.9 Å². The second kappa shape index (κ2) is 8.01. The highest BCUT2D eigenvalue weighted by atomic mass is 32.1. The van der Waals surface area contributed by atoms with Crippen LogP contribution in [0.25, 0.3) is 16.8 Å². The average molecular weight is 403 g/mol. The third-order valence-electron chi connectivity index (χ3n) is 5.18. The fraction of sp³-hybridized carbons (Fsp3) is 0.174. The molecule has 0 aliphatic carbocycles. The molecule has 2 aromatic heterocycles. The van der Waals surface area contributed by atoms with Crippen molar-refractivity contribution in [3.63, 3.8) is 0 Å². The molecule has 4 aromatic rings. The van der Waals surface area contributed by atoms with Gasteiger partial charge in [0.2, 0.25) is 0 Å². The minimum absolute atomic E-state index is 0.0310. The number of benzene rings is 2. The van der Waals surface area contributed by atoms with E-state index in [0.29, 0.717) is 0 Å². The molecular formula is C23H22N4OS. The van der Waals surface area contributed by atoms with Gasteiger partial charge in [-0.1, -0.05) is 42.0 Å². The predicted octanol–water partition coefficient (Wildman–Crippen LogP) is 5.14. The number of amides is 1. The summed E-state index contributed by atoms with van der Waals surface area (Å²) in [5, 5.41) is 6.12. The van der Waals surface area contributed by atoms with E-state index in [1.165, 1.54) is 23.2 Å². The minimum Gasteiger partial charge on any atom is -0.334 e. The standard InChI is InChI=1S/C23H22N4OS/c1-16-4-6-19(7-5-16)21-12-13-29-22(21)23(28)26(3)17(2)18-8-10-20(11-9-18)27-15-24-14-25-27/h4-15,17H,1-3H3. The van der Waals surface area contributed by atoms with Gasteiger partial charge < -0.3 is 4.90 Å². The lowest BCUT2D eigenvalue weighted by Gasteiger charge is -2.25.